The van der Waals surface area contributed by atoms with Gasteiger partial charge in [-0.3, -0.25) is 4.79 Å². The van der Waals surface area contributed by atoms with Crippen LogP contribution in [0, 0.1) is 0 Å². The number of benzene rings is 2. The normalized spacial score (nSPS) is 17.7. The van der Waals surface area contributed by atoms with Crippen molar-refractivity contribution in [3.05, 3.63) is 54.1 Å². The highest BCUT2D eigenvalue weighted by molar-refractivity contribution is 5.88. The fraction of sp³-hybridized carbons (Fsp3) is 0.462. The van der Waals surface area contributed by atoms with Crippen LogP contribution in [0.3, 0.4) is 0 Å². The maximum atomic E-state index is 12.2. The first-order valence-corrected chi connectivity index (χ1v) is 11.8. The first-order chi connectivity index (χ1) is 17.1. The monoisotopic (exact) mass is 507 g/mol. The van der Waals surface area contributed by atoms with Gasteiger partial charge in [0.15, 0.2) is 0 Å². The number of carbonyl (C=O) groups excluding carboxylic acids is 2. The second kappa shape index (κ2) is 10.8. The smallest absolute Gasteiger partial charge is 0.491 e. The minimum Gasteiger partial charge on any atom is -0.492 e. The van der Waals surface area contributed by atoms with E-state index >= 15 is 0 Å². The number of ether oxygens (including phenoxy) is 4. The van der Waals surface area contributed by atoms with Gasteiger partial charge in [-0.25, -0.2) is 4.79 Å². The Morgan fingerprint density at radius 3 is 2.50 bits per heavy atom. The number of rotatable bonds is 8. The summed E-state index contributed by atoms with van der Waals surface area (Å²) in [5.74, 6) is -1.40. The van der Waals surface area contributed by atoms with Gasteiger partial charge in [0.2, 0.25) is 0 Å². The van der Waals surface area contributed by atoms with Crippen molar-refractivity contribution in [2.75, 3.05) is 32.8 Å². The van der Waals surface area contributed by atoms with E-state index in [1.54, 1.807) is 0 Å². The number of hydrogen-bond acceptors (Lipinski definition) is 7. The van der Waals surface area contributed by atoms with Crippen molar-refractivity contribution >= 4 is 11.9 Å². The van der Waals surface area contributed by atoms with Crippen molar-refractivity contribution in [2.24, 2.45) is 0 Å². The molecule has 0 saturated carbocycles. The van der Waals surface area contributed by atoms with Crippen molar-refractivity contribution < 1.29 is 41.7 Å². The topological polar surface area (TPSA) is 74.3 Å². The van der Waals surface area contributed by atoms with Crippen LogP contribution in [-0.2, 0) is 19.7 Å². The molecule has 1 unspecified atom stereocenters. The Labute approximate surface area is 207 Å². The van der Waals surface area contributed by atoms with Crippen LogP contribution >= 0.6 is 0 Å². The SMILES string of the molecule is CC(COc1ccc2c(c1)OCC21CCN(CCC(=O)OC(=O)C(F)(F)F)CC1)Oc1ccccc1. The Morgan fingerprint density at radius 1 is 1.08 bits per heavy atom. The van der Waals surface area contributed by atoms with Gasteiger partial charge >= 0.3 is 18.1 Å². The van der Waals surface area contributed by atoms with Crippen LogP contribution in [0.1, 0.15) is 31.7 Å². The van der Waals surface area contributed by atoms with E-state index in [1.165, 1.54) is 0 Å². The predicted molar refractivity (Wildman–Crippen MR) is 123 cm³/mol. The molecular formula is C26H28F3NO6. The minimum absolute atomic E-state index is 0.138. The molecule has 10 heteroatoms. The number of likely N-dealkylation sites (tertiary alicyclic amines) is 1. The molecule has 0 N–H and O–H groups in total. The summed E-state index contributed by atoms with van der Waals surface area (Å²) in [5, 5.41) is 0. The van der Waals surface area contributed by atoms with Gasteiger partial charge in [0.25, 0.3) is 0 Å². The lowest BCUT2D eigenvalue weighted by atomic mass is 9.74. The highest BCUT2D eigenvalue weighted by Gasteiger charge is 2.44. The van der Waals surface area contributed by atoms with Crippen LogP contribution in [0.4, 0.5) is 13.2 Å². The molecule has 194 valence electrons. The van der Waals surface area contributed by atoms with Crippen LogP contribution in [0.15, 0.2) is 48.5 Å². The zero-order valence-electron chi connectivity index (χ0n) is 19.9. The number of carbonyl (C=O) groups is 2. The van der Waals surface area contributed by atoms with Crippen LogP contribution in [0.25, 0.3) is 0 Å². The number of esters is 2. The maximum absolute atomic E-state index is 12.2. The van der Waals surface area contributed by atoms with Gasteiger partial charge in [-0.05, 0) is 51.1 Å². The molecule has 36 heavy (non-hydrogen) atoms. The fourth-order valence-electron chi connectivity index (χ4n) is 4.50. The van der Waals surface area contributed by atoms with Gasteiger partial charge in [0.05, 0.1) is 13.0 Å². The Bertz CT molecular complexity index is 1070. The molecule has 1 fully saturated rings. The molecule has 0 bridgehead atoms. The minimum atomic E-state index is -5.18. The summed E-state index contributed by atoms with van der Waals surface area (Å²) in [7, 11) is 0. The van der Waals surface area contributed by atoms with Crippen LogP contribution in [0.2, 0.25) is 0 Å². The number of piperidine rings is 1. The summed E-state index contributed by atoms with van der Waals surface area (Å²) < 4.78 is 58.2. The molecule has 2 aliphatic rings. The molecule has 2 aromatic rings. The second-order valence-corrected chi connectivity index (χ2v) is 9.13. The molecule has 0 amide bonds. The van der Waals surface area contributed by atoms with Gasteiger partial charge in [-0.1, -0.05) is 24.3 Å². The van der Waals surface area contributed by atoms with Crippen molar-refractivity contribution in [3.63, 3.8) is 0 Å². The summed E-state index contributed by atoms with van der Waals surface area (Å²) in [5.41, 5.74) is 0.958. The van der Waals surface area contributed by atoms with Crippen LogP contribution < -0.4 is 14.2 Å². The lowest BCUT2D eigenvalue weighted by molar-refractivity contribution is -0.201. The van der Waals surface area contributed by atoms with Crippen LogP contribution in [0.5, 0.6) is 17.2 Å². The van der Waals surface area contributed by atoms with Gasteiger partial charge in [0.1, 0.15) is 30.0 Å². The van der Waals surface area contributed by atoms with Gasteiger partial charge in [-0.15, -0.1) is 0 Å². The molecule has 1 spiro atoms. The largest absolute Gasteiger partial charge is 0.492 e. The lowest BCUT2D eigenvalue weighted by Gasteiger charge is -2.38. The van der Waals surface area contributed by atoms with Gasteiger partial charge in [0, 0.05) is 23.6 Å². The number of nitrogens with zero attached hydrogens (tertiary/aromatic N) is 1. The van der Waals surface area contributed by atoms with E-state index in [9.17, 15) is 22.8 Å². The standard InChI is InChI=1S/C26H28F3NO6/c1-18(35-19-5-3-2-4-6-19)16-33-20-7-8-21-22(15-20)34-17-25(21)10-13-30(14-11-25)12-9-23(31)36-24(32)26(27,28)29/h2-8,15,18H,9-14,16-17H2,1H3. The molecule has 2 aliphatic heterocycles. The quantitative estimate of drug-likeness (QED) is 0.390. The molecule has 1 atom stereocenters. The number of alkyl halides is 3. The Kier molecular flexibility index (Phi) is 7.73. The van der Waals surface area contributed by atoms with Gasteiger partial charge in [-0.2, -0.15) is 13.2 Å². The number of fused-ring (bicyclic) bond motifs is 2. The molecule has 2 heterocycles. The van der Waals surface area contributed by atoms with Gasteiger partial charge < -0.3 is 23.8 Å². The van der Waals surface area contributed by atoms with Crippen molar-refractivity contribution in [1.29, 1.82) is 0 Å². The summed E-state index contributed by atoms with van der Waals surface area (Å²) in [4.78, 5) is 24.3. The van der Waals surface area contributed by atoms with E-state index in [-0.39, 0.29) is 24.5 Å². The third-order valence-electron chi connectivity index (χ3n) is 6.48. The number of hydrogen-bond donors (Lipinski definition) is 0. The van der Waals surface area contributed by atoms with Crippen molar-refractivity contribution in [3.8, 4) is 17.2 Å². The maximum Gasteiger partial charge on any atom is 0.491 e. The average molecular weight is 508 g/mol. The Hall–Kier alpha value is -3.27. The third-order valence-corrected chi connectivity index (χ3v) is 6.48. The highest BCUT2D eigenvalue weighted by Crippen LogP contribution is 2.46. The Balaban J connectivity index is 1.25. The average Bonchev–Trinajstić information content (AvgIpc) is 3.19. The molecule has 7 nitrogen and oxygen atoms in total. The summed E-state index contributed by atoms with van der Waals surface area (Å²) >= 11 is 0. The van der Waals surface area contributed by atoms with E-state index < -0.39 is 18.1 Å². The number of para-hydroxylation sites is 1. The molecular weight excluding hydrogens is 479 g/mol. The molecule has 4 rings (SSSR count). The molecule has 0 aliphatic carbocycles. The first kappa shape index (κ1) is 25.8. The zero-order chi connectivity index (χ0) is 25.8. The lowest BCUT2D eigenvalue weighted by Crippen LogP contribution is -2.44. The van der Waals surface area contributed by atoms with Crippen molar-refractivity contribution in [1.82, 2.24) is 4.90 Å². The van der Waals surface area contributed by atoms with Crippen LogP contribution in [-0.4, -0.2) is 62.0 Å². The predicted octanol–water partition coefficient (Wildman–Crippen LogP) is 4.28. The molecule has 1 saturated heterocycles. The summed E-state index contributed by atoms with van der Waals surface area (Å²) in [6.07, 6.45) is -4.05. The van der Waals surface area contributed by atoms with E-state index in [1.807, 2.05) is 60.4 Å². The Morgan fingerprint density at radius 2 is 1.81 bits per heavy atom. The number of halogens is 3. The van der Waals surface area contributed by atoms with E-state index in [0.29, 0.717) is 32.1 Å². The summed E-state index contributed by atoms with van der Waals surface area (Å²) in [6.45, 7) is 4.38. The van der Waals surface area contributed by atoms with E-state index in [2.05, 4.69) is 4.74 Å². The van der Waals surface area contributed by atoms with E-state index in [0.717, 1.165) is 29.9 Å². The van der Waals surface area contributed by atoms with Crippen molar-refractivity contribution in [2.45, 2.75) is 43.9 Å². The molecule has 0 aromatic heterocycles. The zero-order valence-corrected chi connectivity index (χ0v) is 19.9. The third kappa shape index (κ3) is 6.29. The van der Waals surface area contributed by atoms with E-state index in [4.69, 9.17) is 14.2 Å². The highest BCUT2D eigenvalue weighted by atomic mass is 19.4. The molecule has 0 radical (unpaired) electrons. The second-order valence-electron chi connectivity index (χ2n) is 9.13. The summed E-state index contributed by atoms with van der Waals surface area (Å²) in [6, 6.07) is 15.4. The molecule has 2 aromatic carbocycles. The fourth-order valence-corrected chi connectivity index (χ4v) is 4.50. The first-order valence-electron chi connectivity index (χ1n) is 11.8.